The number of aryl methyl sites for hydroxylation is 1. The van der Waals surface area contributed by atoms with Gasteiger partial charge in [-0.05, 0) is 37.3 Å². The lowest BCUT2D eigenvalue weighted by Gasteiger charge is -2.10. The Morgan fingerprint density at radius 1 is 1.11 bits per heavy atom. The maximum Gasteiger partial charge on any atom is 0.248 e. The van der Waals surface area contributed by atoms with E-state index in [-0.39, 0.29) is 0 Å². The number of carbonyl (C=O) groups excluding carboxylic acids is 1. The molecule has 0 spiro atoms. The monoisotopic (exact) mass is 241 g/mol. The molecule has 0 aromatic heterocycles. The van der Waals surface area contributed by atoms with Crippen LogP contribution in [0.4, 0.5) is 17.1 Å². The summed E-state index contributed by atoms with van der Waals surface area (Å²) >= 11 is 0. The molecule has 2 aromatic carbocycles. The molecule has 92 valence electrons. The first kappa shape index (κ1) is 12.0. The Labute approximate surface area is 106 Å². The highest BCUT2D eigenvalue weighted by molar-refractivity contribution is 5.95. The SMILES string of the molecule is Cc1ccc(Nc2ccc(C(N)=O)cc2N)cc1. The molecule has 4 nitrogen and oxygen atoms in total. The van der Waals surface area contributed by atoms with Crippen LogP contribution in [0.2, 0.25) is 0 Å². The normalized spacial score (nSPS) is 10.1. The molecule has 0 bridgehead atoms. The summed E-state index contributed by atoms with van der Waals surface area (Å²) in [5, 5.41) is 3.19. The molecule has 0 fully saturated rings. The van der Waals surface area contributed by atoms with Gasteiger partial charge in [-0.25, -0.2) is 0 Å². The first-order valence-corrected chi connectivity index (χ1v) is 5.59. The molecule has 0 saturated heterocycles. The largest absolute Gasteiger partial charge is 0.397 e. The Balaban J connectivity index is 2.24. The Morgan fingerprint density at radius 3 is 2.33 bits per heavy atom. The van der Waals surface area contributed by atoms with Gasteiger partial charge in [0.1, 0.15) is 0 Å². The Bertz CT molecular complexity index is 576. The molecule has 2 aromatic rings. The molecular weight excluding hydrogens is 226 g/mol. The standard InChI is InChI=1S/C14H15N3O/c1-9-2-5-11(6-3-9)17-13-7-4-10(14(16)18)8-12(13)15/h2-8,17H,15H2,1H3,(H2,16,18). The van der Waals surface area contributed by atoms with E-state index in [2.05, 4.69) is 5.32 Å². The molecule has 0 aliphatic heterocycles. The number of nitrogen functional groups attached to an aromatic ring is 1. The number of nitrogens with two attached hydrogens (primary N) is 2. The molecular formula is C14H15N3O. The van der Waals surface area contributed by atoms with Crippen LogP contribution in [-0.4, -0.2) is 5.91 Å². The summed E-state index contributed by atoms with van der Waals surface area (Å²) in [5.41, 5.74) is 14.8. The van der Waals surface area contributed by atoms with E-state index in [1.54, 1.807) is 18.2 Å². The van der Waals surface area contributed by atoms with Gasteiger partial charge in [0.25, 0.3) is 0 Å². The molecule has 0 heterocycles. The van der Waals surface area contributed by atoms with Crippen molar-refractivity contribution >= 4 is 23.0 Å². The van der Waals surface area contributed by atoms with Gasteiger partial charge in [0.15, 0.2) is 0 Å². The van der Waals surface area contributed by atoms with Crippen LogP contribution < -0.4 is 16.8 Å². The second-order valence-electron chi connectivity index (χ2n) is 4.16. The highest BCUT2D eigenvalue weighted by Gasteiger charge is 2.04. The van der Waals surface area contributed by atoms with Crippen molar-refractivity contribution in [1.82, 2.24) is 0 Å². The first-order valence-electron chi connectivity index (χ1n) is 5.59. The number of hydrogen-bond donors (Lipinski definition) is 3. The first-order chi connectivity index (χ1) is 8.56. The summed E-state index contributed by atoms with van der Waals surface area (Å²) < 4.78 is 0. The zero-order chi connectivity index (χ0) is 13.1. The van der Waals surface area contributed by atoms with Gasteiger partial charge in [-0.2, -0.15) is 0 Å². The molecule has 4 heteroatoms. The second kappa shape index (κ2) is 4.79. The lowest BCUT2D eigenvalue weighted by molar-refractivity contribution is 0.100. The zero-order valence-electron chi connectivity index (χ0n) is 10.1. The van der Waals surface area contributed by atoms with Crippen LogP contribution in [0.3, 0.4) is 0 Å². The van der Waals surface area contributed by atoms with E-state index in [1.807, 2.05) is 31.2 Å². The number of nitrogens with one attached hydrogen (secondary N) is 1. The third-order valence-corrected chi connectivity index (χ3v) is 2.67. The minimum Gasteiger partial charge on any atom is -0.397 e. The summed E-state index contributed by atoms with van der Waals surface area (Å²) in [4.78, 5) is 11.0. The number of primary amides is 1. The summed E-state index contributed by atoms with van der Waals surface area (Å²) in [6.45, 7) is 2.03. The predicted molar refractivity (Wildman–Crippen MR) is 73.8 cm³/mol. The Kier molecular flexibility index (Phi) is 3.19. The van der Waals surface area contributed by atoms with E-state index in [0.29, 0.717) is 11.3 Å². The molecule has 0 unspecified atom stereocenters. The van der Waals surface area contributed by atoms with Crippen molar-refractivity contribution in [2.24, 2.45) is 5.73 Å². The van der Waals surface area contributed by atoms with Gasteiger partial charge in [-0.15, -0.1) is 0 Å². The molecule has 0 saturated carbocycles. The Morgan fingerprint density at radius 2 is 1.78 bits per heavy atom. The van der Waals surface area contributed by atoms with Crippen LogP contribution in [0, 0.1) is 6.92 Å². The van der Waals surface area contributed by atoms with Crippen LogP contribution >= 0.6 is 0 Å². The third kappa shape index (κ3) is 2.60. The molecule has 0 aliphatic carbocycles. The van der Waals surface area contributed by atoms with Crippen molar-refractivity contribution in [2.45, 2.75) is 6.92 Å². The fourth-order valence-electron chi connectivity index (χ4n) is 1.62. The van der Waals surface area contributed by atoms with Gasteiger partial charge in [0.2, 0.25) is 5.91 Å². The molecule has 0 aliphatic rings. The maximum atomic E-state index is 11.0. The molecule has 2 rings (SSSR count). The number of anilines is 3. The number of rotatable bonds is 3. The van der Waals surface area contributed by atoms with Crippen LogP contribution in [-0.2, 0) is 0 Å². The van der Waals surface area contributed by atoms with Crippen LogP contribution in [0.5, 0.6) is 0 Å². The van der Waals surface area contributed by atoms with E-state index in [0.717, 1.165) is 11.4 Å². The molecule has 1 amide bonds. The smallest absolute Gasteiger partial charge is 0.248 e. The Hall–Kier alpha value is -2.49. The highest BCUT2D eigenvalue weighted by atomic mass is 16.1. The van der Waals surface area contributed by atoms with Crippen molar-refractivity contribution in [3.05, 3.63) is 53.6 Å². The zero-order valence-corrected chi connectivity index (χ0v) is 10.1. The molecule has 0 radical (unpaired) electrons. The van der Waals surface area contributed by atoms with Crippen molar-refractivity contribution in [2.75, 3.05) is 11.1 Å². The van der Waals surface area contributed by atoms with Crippen molar-refractivity contribution < 1.29 is 4.79 Å². The lowest BCUT2D eigenvalue weighted by Crippen LogP contribution is -2.11. The third-order valence-electron chi connectivity index (χ3n) is 2.67. The van der Waals surface area contributed by atoms with Crippen LogP contribution in [0.1, 0.15) is 15.9 Å². The average molecular weight is 241 g/mol. The maximum absolute atomic E-state index is 11.0. The van der Waals surface area contributed by atoms with Gasteiger partial charge < -0.3 is 16.8 Å². The molecule has 0 atom stereocenters. The summed E-state index contributed by atoms with van der Waals surface area (Å²) in [5.74, 6) is -0.483. The van der Waals surface area contributed by atoms with Gasteiger partial charge in [-0.1, -0.05) is 17.7 Å². The minimum atomic E-state index is -0.483. The predicted octanol–water partition coefficient (Wildman–Crippen LogP) is 2.42. The fraction of sp³-hybridized carbons (Fsp3) is 0.0714. The van der Waals surface area contributed by atoms with Crippen LogP contribution in [0.25, 0.3) is 0 Å². The molecule has 18 heavy (non-hydrogen) atoms. The minimum absolute atomic E-state index is 0.405. The number of hydrogen-bond acceptors (Lipinski definition) is 3. The molecule has 5 N–H and O–H groups in total. The van der Waals surface area contributed by atoms with Crippen molar-refractivity contribution in [3.8, 4) is 0 Å². The van der Waals surface area contributed by atoms with E-state index in [1.165, 1.54) is 5.56 Å². The topological polar surface area (TPSA) is 81.1 Å². The van der Waals surface area contributed by atoms with Crippen LogP contribution in [0.15, 0.2) is 42.5 Å². The summed E-state index contributed by atoms with van der Waals surface area (Å²) in [7, 11) is 0. The van der Waals surface area contributed by atoms with E-state index < -0.39 is 5.91 Å². The van der Waals surface area contributed by atoms with E-state index >= 15 is 0 Å². The van der Waals surface area contributed by atoms with E-state index in [4.69, 9.17) is 11.5 Å². The van der Waals surface area contributed by atoms with Gasteiger partial charge in [0.05, 0.1) is 11.4 Å². The fourth-order valence-corrected chi connectivity index (χ4v) is 1.62. The van der Waals surface area contributed by atoms with Gasteiger partial charge in [0, 0.05) is 11.3 Å². The quantitative estimate of drug-likeness (QED) is 0.722. The van der Waals surface area contributed by atoms with Crippen molar-refractivity contribution in [1.29, 1.82) is 0 Å². The van der Waals surface area contributed by atoms with Gasteiger partial charge >= 0.3 is 0 Å². The van der Waals surface area contributed by atoms with E-state index in [9.17, 15) is 4.79 Å². The number of amides is 1. The average Bonchev–Trinajstić information content (AvgIpc) is 2.34. The van der Waals surface area contributed by atoms with Crippen molar-refractivity contribution in [3.63, 3.8) is 0 Å². The lowest BCUT2D eigenvalue weighted by atomic mass is 10.1. The van der Waals surface area contributed by atoms with Gasteiger partial charge in [-0.3, -0.25) is 4.79 Å². The highest BCUT2D eigenvalue weighted by Crippen LogP contribution is 2.24. The summed E-state index contributed by atoms with van der Waals surface area (Å²) in [6, 6.07) is 12.9. The summed E-state index contributed by atoms with van der Waals surface area (Å²) in [6.07, 6.45) is 0. The number of carbonyl (C=O) groups is 1. The second-order valence-corrected chi connectivity index (χ2v) is 4.16. The number of benzene rings is 2.